The van der Waals surface area contributed by atoms with E-state index in [1.165, 1.54) is 0 Å². The molecule has 70 valence electrons. The molecule has 0 fully saturated rings. The number of carboxylic acid groups (broad SMARTS) is 1. The standard InChI is InChI=1S/C7H13NO4/c1-3-6(7(9)10)5(2)4-8(11)12/h5-6H,3-4H2,1-2H3,(H,9,10). The summed E-state index contributed by atoms with van der Waals surface area (Å²) in [6.45, 7) is 3.03. The van der Waals surface area contributed by atoms with Crippen LogP contribution in [0.4, 0.5) is 0 Å². The van der Waals surface area contributed by atoms with Gasteiger partial charge < -0.3 is 5.11 Å². The summed E-state index contributed by atoms with van der Waals surface area (Å²) in [6.07, 6.45) is 0.435. The molecule has 5 heteroatoms. The van der Waals surface area contributed by atoms with Crippen molar-refractivity contribution in [3.8, 4) is 0 Å². The van der Waals surface area contributed by atoms with Gasteiger partial charge >= 0.3 is 5.97 Å². The first-order valence-corrected chi connectivity index (χ1v) is 3.83. The molecule has 5 nitrogen and oxygen atoms in total. The maximum atomic E-state index is 10.5. The van der Waals surface area contributed by atoms with Gasteiger partial charge in [-0.3, -0.25) is 14.9 Å². The summed E-state index contributed by atoms with van der Waals surface area (Å²) in [5, 5.41) is 18.7. The van der Waals surface area contributed by atoms with Crippen molar-refractivity contribution in [1.82, 2.24) is 0 Å². The van der Waals surface area contributed by atoms with Crippen molar-refractivity contribution >= 4 is 5.97 Å². The summed E-state index contributed by atoms with van der Waals surface area (Å²) >= 11 is 0. The Morgan fingerprint density at radius 2 is 2.17 bits per heavy atom. The lowest BCUT2D eigenvalue weighted by Crippen LogP contribution is -2.26. The van der Waals surface area contributed by atoms with E-state index in [1.807, 2.05) is 0 Å². The van der Waals surface area contributed by atoms with Crippen LogP contribution < -0.4 is 0 Å². The van der Waals surface area contributed by atoms with E-state index < -0.39 is 22.7 Å². The van der Waals surface area contributed by atoms with Crippen LogP contribution in [0.15, 0.2) is 0 Å². The number of carboxylic acids is 1. The van der Waals surface area contributed by atoms with E-state index in [9.17, 15) is 14.9 Å². The third-order valence-corrected chi connectivity index (χ3v) is 1.88. The van der Waals surface area contributed by atoms with Crippen LogP contribution in [-0.4, -0.2) is 22.5 Å². The van der Waals surface area contributed by atoms with Crippen LogP contribution in [-0.2, 0) is 4.79 Å². The Kier molecular flexibility index (Phi) is 4.25. The SMILES string of the molecule is CCC(C(=O)O)C(C)C[N+](=O)[O-]. The predicted molar refractivity (Wildman–Crippen MR) is 42.4 cm³/mol. The smallest absolute Gasteiger partial charge is 0.307 e. The highest BCUT2D eigenvalue weighted by Gasteiger charge is 2.26. The molecule has 0 aromatic carbocycles. The second-order valence-electron chi connectivity index (χ2n) is 2.85. The Hall–Kier alpha value is -1.13. The fourth-order valence-corrected chi connectivity index (χ4v) is 1.18. The van der Waals surface area contributed by atoms with Gasteiger partial charge in [0.15, 0.2) is 0 Å². The summed E-state index contributed by atoms with van der Waals surface area (Å²) in [4.78, 5) is 20.1. The lowest BCUT2D eigenvalue weighted by atomic mass is 9.92. The fraction of sp³-hybridized carbons (Fsp3) is 0.857. The van der Waals surface area contributed by atoms with E-state index >= 15 is 0 Å². The topological polar surface area (TPSA) is 80.4 Å². The van der Waals surface area contributed by atoms with E-state index in [2.05, 4.69) is 0 Å². The van der Waals surface area contributed by atoms with Gasteiger partial charge in [0.25, 0.3) is 0 Å². The van der Waals surface area contributed by atoms with Crippen molar-refractivity contribution in [1.29, 1.82) is 0 Å². The van der Waals surface area contributed by atoms with E-state index in [0.29, 0.717) is 6.42 Å². The average molecular weight is 175 g/mol. The lowest BCUT2D eigenvalue weighted by molar-refractivity contribution is -0.488. The highest BCUT2D eigenvalue weighted by molar-refractivity contribution is 5.70. The molecule has 0 saturated carbocycles. The molecule has 0 radical (unpaired) electrons. The minimum atomic E-state index is -0.952. The van der Waals surface area contributed by atoms with Crippen LogP contribution in [0.2, 0.25) is 0 Å². The van der Waals surface area contributed by atoms with Gasteiger partial charge in [-0.1, -0.05) is 13.8 Å². The largest absolute Gasteiger partial charge is 0.481 e. The number of carbonyl (C=O) groups is 1. The van der Waals surface area contributed by atoms with Gasteiger partial charge in [-0.25, -0.2) is 0 Å². The zero-order chi connectivity index (χ0) is 9.72. The van der Waals surface area contributed by atoms with Crippen LogP contribution in [0.25, 0.3) is 0 Å². The summed E-state index contributed by atoms with van der Waals surface area (Å²) in [5.74, 6) is -1.95. The summed E-state index contributed by atoms with van der Waals surface area (Å²) in [5.41, 5.74) is 0. The molecule has 0 aliphatic rings. The molecular weight excluding hydrogens is 162 g/mol. The Balaban J connectivity index is 4.11. The van der Waals surface area contributed by atoms with Gasteiger partial charge in [0, 0.05) is 10.8 Å². The quantitative estimate of drug-likeness (QED) is 0.499. The Morgan fingerprint density at radius 1 is 1.67 bits per heavy atom. The van der Waals surface area contributed by atoms with Gasteiger partial charge in [0.2, 0.25) is 6.54 Å². The Morgan fingerprint density at radius 3 is 2.42 bits per heavy atom. The van der Waals surface area contributed by atoms with Gasteiger partial charge in [-0.2, -0.15) is 0 Å². The monoisotopic (exact) mass is 175 g/mol. The highest BCUT2D eigenvalue weighted by atomic mass is 16.6. The van der Waals surface area contributed by atoms with E-state index in [1.54, 1.807) is 13.8 Å². The molecule has 1 N–H and O–H groups in total. The molecule has 0 aliphatic heterocycles. The fourth-order valence-electron chi connectivity index (χ4n) is 1.18. The van der Waals surface area contributed by atoms with Crippen molar-refractivity contribution in [2.75, 3.05) is 6.54 Å². The molecule has 0 aromatic rings. The van der Waals surface area contributed by atoms with Crippen LogP contribution in [0.3, 0.4) is 0 Å². The first kappa shape index (κ1) is 10.9. The van der Waals surface area contributed by atoms with Crippen LogP contribution in [0.5, 0.6) is 0 Å². The molecule has 12 heavy (non-hydrogen) atoms. The molecule has 0 aromatic heterocycles. The van der Waals surface area contributed by atoms with Crippen molar-refractivity contribution in [3.05, 3.63) is 10.1 Å². The molecule has 0 bridgehead atoms. The van der Waals surface area contributed by atoms with Crippen LogP contribution in [0.1, 0.15) is 20.3 Å². The first-order chi connectivity index (χ1) is 5.49. The number of hydrogen-bond donors (Lipinski definition) is 1. The van der Waals surface area contributed by atoms with Crippen molar-refractivity contribution < 1.29 is 14.8 Å². The molecular formula is C7H13NO4. The second-order valence-corrected chi connectivity index (χ2v) is 2.85. The minimum Gasteiger partial charge on any atom is -0.481 e. The predicted octanol–water partition coefficient (Wildman–Crippen LogP) is 1.01. The molecule has 0 rings (SSSR count). The molecule has 2 unspecified atom stereocenters. The molecule has 2 atom stereocenters. The number of hydrogen-bond acceptors (Lipinski definition) is 3. The van der Waals surface area contributed by atoms with Crippen LogP contribution >= 0.6 is 0 Å². The molecule has 0 heterocycles. The van der Waals surface area contributed by atoms with Gasteiger partial charge in [0.1, 0.15) is 0 Å². The first-order valence-electron chi connectivity index (χ1n) is 3.83. The summed E-state index contributed by atoms with van der Waals surface area (Å²) in [6, 6.07) is 0. The van der Waals surface area contributed by atoms with E-state index in [4.69, 9.17) is 5.11 Å². The second kappa shape index (κ2) is 4.69. The van der Waals surface area contributed by atoms with Crippen molar-refractivity contribution in [2.45, 2.75) is 20.3 Å². The maximum Gasteiger partial charge on any atom is 0.307 e. The number of nitro groups is 1. The zero-order valence-corrected chi connectivity index (χ0v) is 7.19. The summed E-state index contributed by atoms with van der Waals surface area (Å²) < 4.78 is 0. The van der Waals surface area contributed by atoms with Gasteiger partial charge in [-0.05, 0) is 6.42 Å². The van der Waals surface area contributed by atoms with E-state index in [-0.39, 0.29) is 6.54 Å². The number of aliphatic carboxylic acids is 1. The lowest BCUT2D eigenvalue weighted by Gasteiger charge is -2.13. The van der Waals surface area contributed by atoms with Gasteiger partial charge in [-0.15, -0.1) is 0 Å². The number of rotatable bonds is 5. The van der Waals surface area contributed by atoms with Crippen LogP contribution in [0, 0.1) is 22.0 Å². The zero-order valence-electron chi connectivity index (χ0n) is 7.19. The van der Waals surface area contributed by atoms with Crippen molar-refractivity contribution in [3.63, 3.8) is 0 Å². The molecule has 0 saturated heterocycles. The van der Waals surface area contributed by atoms with E-state index in [0.717, 1.165) is 0 Å². The Labute approximate surface area is 70.5 Å². The van der Waals surface area contributed by atoms with Crippen molar-refractivity contribution in [2.24, 2.45) is 11.8 Å². The third kappa shape index (κ3) is 3.32. The normalized spacial score (nSPS) is 15.2. The Bertz CT molecular complexity index is 180. The molecule has 0 spiro atoms. The van der Waals surface area contributed by atoms with Gasteiger partial charge in [0.05, 0.1) is 5.92 Å². The average Bonchev–Trinajstić information content (AvgIpc) is 1.85. The molecule has 0 aliphatic carbocycles. The number of nitrogens with zero attached hydrogens (tertiary/aromatic N) is 1. The minimum absolute atomic E-state index is 0.273. The third-order valence-electron chi connectivity index (χ3n) is 1.88. The molecule has 0 amide bonds. The highest BCUT2D eigenvalue weighted by Crippen LogP contribution is 2.15. The maximum absolute atomic E-state index is 10.5. The summed E-state index contributed by atoms with van der Waals surface area (Å²) in [7, 11) is 0.